The third-order valence-electron chi connectivity index (χ3n) is 4.68. The Morgan fingerprint density at radius 3 is 2.59 bits per heavy atom. The van der Waals surface area contributed by atoms with Crippen LogP contribution >= 0.6 is 0 Å². The summed E-state index contributed by atoms with van der Waals surface area (Å²) in [6, 6.07) is 12.5. The Bertz CT molecular complexity index is 1170. The number of alkyl halides is 3. The number of aromatic amines is 1. The van der Waals surface area contributed by atoms with Gasteiger partial charge in [0.15, 0.2) is 0 Å². The van der Waals surface area contributed by atoms with Crippen LogP contribution in [-0.4, -0.2) is 20.4 Å². The molecule has 148 valence electrons. The van der Waals surface area contributed by atoms with Crippen molar-refractivity contribution < 1.29 is 18.0 Å². The van der Waals surface area contributed by atoms with Gasteiger partial charge in [-0.15, -0.1) is 0 Å². The SMILES string of the molecule is Cc1nc(C(=O)Nc2c[nH]c3ccccc23)cn1Cc1ccc(C(F)(F)F)cc1. The van der Waals surface area contributed by atoms with E-state index in [0.29, 0.717) is 23.6 Å². The number of halogens is 3. The van der Waals surface area contributed by atoms with Gasteiger partial charge in [0.25, 0.3) is 5.91 Å². The maximum Gasteiger partial charge on any atom is 0.416 e. The lowest BCUT2D eigenvalue weighted by Crippen LogP contribution is -2.12. The maximum atomic E-state index is 12.7. The maximum absolute atomic E-state index is 12.7. The largest absolute Gasteiger partial charge is 0.416 e. The molecule has 2 aromatic carbocycles. The van der Waals surface area contributed by atoms with E-state index >= 15 is 0 Å². The normalized spacial score (nSPS) is 11.7. The Balaban J connectivity index is 1.51. The van der Waals surface area contributed by atoms with Gasteiger partial charge in [-0.05, 0) is 30.7 Å². The minimum atomic E-state index is -4.36. The van der Waals surface area contributed by atoms with Crippen LogP contribution in [0.1, 0.15) is 27.4 Å². The molecule has 8 heteroatoms. The molecular formula is C21H17F3N4O. The number of imidazole rings is 1. The number of anilines is 1. The molecule has 4 aromatic rings. The highest BCUT2D eigenvalue weighted by atomic mass is 19.4. The van der Waals surface area contributed by atoms with Gasteiger partial charge >= 0.3 is 6.18 Å². The second kappa shape index (κ2) is 7.12. The van der Waals surface area contributed by atoms with Gasteiger partial charge in [-0.2, -0.15) is 13.2 Å². The number of aromatic nitrogens is 3. The van der Waals surface area contributed by atoms with E-state index in [-0.39, 0.29) is 11.6 Å². The van der Waals surface area contributed by atoms with Crippen LogP contribution in [0.4, 0.5) is 18.9 Å². The number of hydrogen-bond acceptors (Lipinski definition) is 2. The van der Waals surface area contributed by atoms with E-state index in [1.807, 2.05) is 24.3 Å². The standard InChI is InChI=1S/C21H17F3N4O/c1-13-26-19(20(29)27-18-10-25-17-5-3-2-4-16(17)18)12-28(13)11-14-6-8-15(9-7-14)21(22,23)24/h2-10,12,25H,11H2,1H3,(H,27,29). The Kier molecular flexibility index (Phi) is 4.62. The molecule has 29 heavy (non-hydrogen) atoms. The van der Waals surface area contributed by atoms with Crippen LogP contribution in [0.3, 0.4) is 0 Å². The Morgan fingerprint density at radius 2 is 1.86 bits per heavy atom. The van der Waals surface area contributed by atoms with E-state index in [9.17, 15) is 18.0 Å². The number of nitrogens with zero attached hydrogens (tertiary/aromatic N) is 2. The lowest BCUT2D eigenvalue weighted by atomic mass is 10.1. The average Bonchev–Trinajstić information content (AvgIpc) is 3.26. The molecule has 0 spiro atoms. The summed E-state index contributed by atoms with van der Waals surface area (Å²) in [6.07, 6.45) is -1.05. The molecule has 0 unspecified atom stereocenters. The third kappa shape index (κ3) is 3.87. The number of aryl methyl sites for hydroxylation is 1. The van der Waals surface area contributed by atoms with Crippen molar-refractivity contribution in [1.29, 1.82) is 0 Å². The van der Waals surface area contributed by atoms with Crippen molar-refractivity contribution in [2.45, 2.75) is 19.6 Å². The van der Waals surface area contributed by atoms with E-state index in [0.717, 1.165) is 23.0 Å². The molecule has 0 aliphatic heterocycles. The van der Waals surface area contributed by atoms with Gasteiger partial charge in [0, 0.05) is 29.8 Å². The first-order valence-electron chi connectivity index (χ1n) is 8.88. The summed E-state index contributed by atoms with van der Waals surface area (Å²) < 4.78 is 39.8. The van der Waals surface area contributed by atoms with E-state index in [4.69, 9.17) is 0 Å². The number of rotatable bonds is 4. The number of fused-ring (bicyclic) bond motifs is 1. The quantitative estimate of drug-likeness (QED) is 0.509. The number of amides is 1. The first-order chi connectivity index (χ1) is 13.8. The fourth-order valence-electron chi connectivity index (χ4n) is 3.14. The van der Waals surface area contributed by atoms with Crippen molar-refractivity contribution >= 4 is 22.5 Å². The molecule has 4 rings (SSSR count). The lowest BCUT2D eigenvalue weighted by Gasteiger charge is -2.08. The van der Waals surface area contributed by atoms with E-state index in [2.05, 4.69) is 15.3 Å². The van der Waals surface area contributed by atoms with Gasteiger partial charge in [-0.1, -0.05) is 30.3 Å². The Labute approximate surface area is 164 Å². The number of carbonyl (C=O) groups excluding carboxylic acids is 1. The van der Waals surface area contributed by atoms with Crippen molar-refractivity contribution in [1.82, 2.24) is 14.5 Å². The smallest absolute Gasteiger partial charge is 0.359 e. The number of H-pyrrole nitrogens is 1. The zero-order valence-corrected chi connectivity index (χ0v) is 15.4. The minimum absolute atomic E-state index is 0.236. The molecule has 2 heterocycles. The van der Waals surface area contributed by atoms with Crippen LogP contribution in [0.5, 0.6) is 0 Å². The zero-order chi connectivity index (χ0) is 20.6. The highest BCUT2D eigenvalue weighted by molar-refractivity contribution is 6.08. The highest BCUT2D eigenvalue weighted by Gasteiger charge is 2.29. The van der Waals surface area contributed by atoms with E-state index in [1.54, 1.807) is 23.9 Å². The molecule has 0 atom stereocenters. The molecule has 0 bridgehead atoms. The van der Waals surface area contributed by atoms with Crippen LogP contribution in [0, 0.1) is 6.92 Å². The molecule has 5 nitrogen and oxygen atoms in total. The lowest BCUT2D eigenvalue weighted by molar-refractivity contribution is -0.137. The molecule has 2 N–H and O–H groups in total. The van der Waals surface area contributed by atoms with Crippen molar-refractivity contribution in [3.8, 4) is 0 Å². The molecule has 0 aliphatic carbocycles. The topological polar surface area (TPSA) is 62.7 Å². The zero-order valence-electron chi connectivity index (χ0n) is 15.4. The van der Waals surface area contributed by atoms with Gasteiger partial charge in [0.05, 0.1) is 11.3 Å². The fraction of sp³-hybridized carbons (Fsp3) is 0.143. The summed E-state index contributed by atoms with van der Waals surface area (Å²) in [5.41, 5.74) is 1.79. The van der Waals surface area contributed by atoms with Crippen molar-refractivity contribution in [2.24, 2.45) is 0 Å². The molecule has 0 fully saturated rings. The fourth-order valence-corrected chi connectivity index (χ4v) is 3.14. The summed E-state index contributed by atoms with van der Waals surface area (Å²) in [6.45, 7) is 2.06. The first-order valence-corrected chi connectivity index (χ1v) is 8.88. The second-order valence-corrected chi connectivity index (χ2v) is 6.70. The van der Waals surface area contributed by atoms with Crippen LogP contribution in [0.15, 0.2) is 60.9 Å². The Hall–Kier alpha value is -3.55. The summed E-state index contributed by atoms with van der Waals surface area (Å²) >= 11 is 0. The van der Waals surface area contributed by atoms with Crippen LogP contribution in [0.25, 0.3) is 10.9 Å². The van der Waals surface area contributed by atoms with Gasteiger partial charge in [0.1, 0.15) is 11.5 Å². The molecule has 0 saturated heterocycles. The van der Waals surface area contributed by atoms with Gasteiger partial charge in [-0.25, -0.2) is 4.98 Å². The number of para-hydroxylation sites is 1. The number of benzene rings is 2. The van der Waals surface area contributed by atoms with Crippen LogP contribution in [0.2, 0.25) is 0 Å². The van der Waals surface area contributed by atoms with Gasteiger partial charge < -0.3 is 14.9 Å². The number of nitrogens with one attached hydrogen (secondary N) is 2. The summed E-state index contributed by atoms with van der Waals surface area (Å²) in [5.74, 6) is 0.234. The summed E-state index contributed by atoms with van der Waals surface area (Å²) in [5, 5.41) is 3.73. The minimum Gasteiger partial charge on any atom is -0.359 e. The first kappa shape index (κ1) is 18.8. The van der Waals surface area contributed by atoms with Gasteiger partial charge in [0.2, 0.25) is 0 Å². The summed E-state index contributed by atoms with van der Waals surface area (Å²) in [4.78, 5) is 20.0. The van der Waals surface area contributed by atoms with Crippen molar-refractivity contribution in [3.63, 3.8) is 0 Å². The summed E-state index contributed by atoms with van der Waals surface area (Å²) in [7, 11) is 0. The molecule has 2 aromatic heterocycles. The molecule has 1 amide bonds. The van der Waals surface area contributed by atoms with Crippen LogP contribution in [-0.2, 0) is 12.7 Å². The van der Waals surface area contributed by atoms with E-state index < -0.39 is 11.7 Å². The van der Waals surface area contributed by atoms with Crippen LogP contribution < -0.4 is 5.32 Å². The predicted octanol–water partition coefficient (Wildman–Crippen LogP) is 4.99. The highest BCUT2D eigenvalue weighted by Crippen LogP contribution is 2.29. The van der Waals surface area contributed by atoms with Crippen molar-refractivity contribution in [3.05, 3.63) is 83.6 Å². The van der Waals surface area contributed by atoms with E-state index in [1.165, 1.54) is 12.1 Å². The molecule has 0 aliphatic rings. The number of carbonyl (C=O) groups is 1. The molecule has 0 saturated carbocycles. The third-order valence-corrected chi connectivity index (χ3v) is 4.68. The monoisotopic (exact) mass is 398 g/mol. The average molecular weight is 398 g/mol. The molecule has 0 radical (unpaired) electrons. The molecular weight excluding hydrogens is 381 g/mol. The second-order valence-electron chi connectivity index (χ2n) is 6.70. The van der Waals surface area contributed by atoms with Gasteiger partial charge in [-0.3, -0.25) is 4.79 Å². The Morgan fingerprint density at radius 1 is 1.14 bits per heavy atom. The number of hydrogen-bond donors (Lipinski definition) is 2. The van der Waals surface area contributed by atoms with Crippen molar-refractivity contribution in [2.75, 3.05) is 5.32 Å². The predicted molar refractivity (Wildman–Crippen MR) is 104 cm³/mol.